The van der Waals surface area contributed by atoms with Gasteiger partial charge in [-0.1, -0.05) is 6.07 Å². The SMILES string of the molecule is CCN(/C(C)=C/NC(=O)CCNC1(c2ccc(F)c(Br)c2)CC1)c1ccc(C#N)cn1. The largest absolute Gasteiger partial charge is 0.331 e. The predicted octanol–water partition coefficient (Wildman–Crippen LogP) is 4.33. The Labute approximate surface area is 190 Å². The standard InChI is InChI=1S/C23H25BrFN5O/c1-3-30(21-7-4-17(13-26)15-27-21)16(2)14-28-22(31)8-11-29-23(9-10-23)18-5-6-20(25)19(24)12-18/h4-7,12,14-15,29H,3,8-11H2,1-2H3,(H,28,31)/b16-14+. The van der Waals surface area contributed by atoms with Gasteiger partial charge in [0, 0.05) is 43.1 Å². The number of nitrogens with zero attached hydrogens (tertiary/aromatic N) is 3. The van der Waals surface area contributed by atoms with E-state index in [1.165, 1.54) is 12.3 Å². The molecule has 1 aromatic heterocycles. The number of carbonyl (C=O) groups excluding carboxylic acids is 1. The second-order valence-corrected chi connectivity index (χ2v) is 8.36. The second kappa shape index (κ2) is 10.0. The van der Waals surface area contributed by atoms with Gasteiger partial charge in [-0.25, -0.2) is 9.37 Å². The first kappa shape index (κ1) is 22.9. The number of hydrogen-bond donors (Lipinski definition) is 2. The van der Waals surface area contributed by atoms with E-state index >= 15 is 0 Å². The molecule has 162 valence electrons. The number of hydrogen-bond acceptors (Lipinski definition) is 5. The third kappa shape index (κ3) is 5.69. The van der Waals surface area contributed by atoms with Gasteiger partial charge in [0.1, 0.15) is 17.7 Å². The van der Waals surface area contributed by atoms with Crippen molar-refractivity contribution in [1.82, 2.24) is 15.6 Å². The lowest BCUT2D eigenvalue weighted by atomic mass is 10.0. The summed E-state index contributed by atoms with van der Waals surface area (Å²) in [6.45, 7) is 5.09. The summed E-state index contributed by atoms with van der Waals surface area (Å²) in [4.78, 5) is 18.6. The van der Waals surface area contributed by atoms with Crippen molar-refractivity contribution in [3.63, 3.8) is 0 Å². The quantitative estimate of drug-likeness (QED) is 0.552. The van der Waals surface area contributed by atoms with E-state index in [0.717, 1.165) is 24.1 Å². The number of nitriles is 1. The highest BCUT2D eigenvalue weighted by Gasteiger charge is 2.43. The van der Waals surface area contributed by atoms with E-state index in [2.05, 4.69) is 37.6 Å². The molecule has 1 aliphatic rings. The number of nitrogens with one attached hydrogen (secondary N) is 2. The highest BCUT2D eigenvalue weighted by atomic mass is 79.9. The summed E-state index contributed by atoms with van der Waals surface area (Å²) in [5, 5.41) is 15.2. The van der Waals surface area contributed by atoms with Gasteiger partial charge in [-0.05, 0) is 72.4 Å². The summed E-state index contributed by atoms with van der Waals surface area (Å²) in [5.41, 5.74) is 2.22. The zero-order valence-electron chi connectivity index (χ0n) is 17.6. The van der Waals surface area contributed by atoms with E-state index in [0.29, 0.717) is 35.4 Å². The molecule has 1 amide bonds. The molecule has 6 nitrogen and oxygen atoms in total. The van der Waals surface area contributed by atoms with Crippen LogP contribution in [-0.4, -0.2) is 24.0 Å². The molecule has 0 radical (unpaired) electrons. The fourth-order valence-corrected chi connectivity index (χ4v) is 3.82. The Morgan fingerprint density at radius 2 is 2.16 bits per heavy atom. The van der Waals surface area contributed by atoms with Gasteiger partial charge in [0.2, 0.25) is 5.91 Å². The number of allylic oxidation sites excluding steroid dienone is 1. The maximum Gasteiger partial charge on any atom is 0.225 e. The molecule has 8 heteroatoms. The Bertz CT molecular complexity index is 1010. The van der Waals surface area contributed by atoms with E-state index < -0.39 is 0 Å². The molecule has 31 heavy (non-hydrogen) atoms. The van der Waals surface area contributed by atoms with Crippen LogP contribution in [0.2, 0.25) is 0 Å². The molecule has 1 aliphatic carbocycles. The van der Waals surface area contributed by atoms with Crippen molar-refractivity contribution < 1.29 is 9.18 Å². The molecule has 3 rings (SSSR count). The van der Waals surface area contributed by atoms with Gasteiger partial charge in [0.25, 0.3) is 0 Å². The van der Waals surface area contributed by atoms with Crippen molar-refractivity contribution in [2.45, 2.75) is 38.6 Å². The molecular formula is C23H25BrFN5O. The van der Waals surface area contributed by atoms with Crippen LogP contribution in [0.1, 0.15) is 44.2 Å². The molecule has 1 aromatic carbocycles. The minimum atomic E-state index is -0.279. The van der Waals surface area contributed by atoms with E-state index in [1.54, 1.807) is 30.5 Å². The topological polar surface area (TPSA) is 81.0 Å². The van der Waals surface area contributed by atoms with Crippen LogP contribution in [-0.2, 0) is 10.3 Å². The molecule has 0 spiro atoms. The van der Waals surface area contributed by atoms with Gasteiger partial charge >= 0.3 is 0 Å². The maximum absolute atomic E-state index is 13.5. The lowest BCUT2D eigenvalue weighted by Gasteiger charge is -2.22. The molecule has 0 saturated heterocycles. The van der Waals surface area contributed by atoms with Crippen LogP contribution in [0.3, 0.4) is 0 Å². The van der Waals surface area contributed by atoms with E-state index in [4.69, 9.17) is 5.26 Å². The highest BCUT2D eigenvalue weighted by molar-refractivity contribution is 9.10. The number of halogens is 2. The smallest absolute Gasteiger partial charge is 0.225 e. The van der Waals surface area contributed by atoms with E-state index in [1.807, 2.05) is 18.7 Å². The molecule has 0 aliphatic heterocycles. The maximum atomic E-state index is 13.5. The summed E-state index contributed by atoms with van der Waals surface area (Å²) in [6.07, 6.45) is 5.47. The minimum Gasteiger partial charge on any atom is -0.331 e. The van der Waals surface area contributed by atoms with Gasteiger partial charge in [0.15, 0.2) is 0 Å². The third-order valence-corrected chi connectivity index (χ3v) is 5.98. The van der Waals surface area contributed by atoms with E-state index in [-0.39, 0.29) is 17.3 Å². The number of carbonyl (C=O) groups is 1. The number of rotatable bonds is 9. The molecule has 1 heterocycles. The van der Waals surface area contributed by atoms with Crippen LogP contribution >= 0.6 is 15.9 Å². The molecule has 2 N–H and O–H groups in total. The first-order chi connectivity index (χ1) is 14.9. The Hall–Kier alpha value is -2.76. The van der Waals surface area contributed by atoms with Crippen molar-refractivity contribution >= 4 is 27.7 Å². The molecule has 2 aromatic rings. The molecular weight excluding hydrogens is 461 g/mol. The first-order valence-electron chi connectivity index (χ1n) is 10.2. The zero-order valence-corrected chi connectivity index (χ0v) is 19.2. The molecule has 0 unspecified atom stereocenters. The third-order valence-electron chi connectivity index (χ3n) is 5.38. The summed E-state index contributed by atoms with van der Waals surface area (Å²) < 4.78 is 13.9. The van der Waals surface area contributed by atoms with Crippen LogP contribution < -0.4 is 15.5 Å². The molecule has 0 atom stereocenters. The first-order valence-corrected chi connectivity index (χ1v) is 11.0. The van der Waals surface area contributed by atoms with Crippen molar-refractivity contribution in [1.29, 1.82) is 5.26 Å². The van der Waals surface area contributed by atoms with Crippen LogP contribution in [0.4, 0.5) is 10.2 Å². The molecule has 1 fully saturated rings. The predicted molar refractivity (Wildman–Crippen MR) is 122 cm³/mol. The zero-order chi connectivity index (χ0) is 22.4. The van der Waals surface area contributed by atoms with Gasteiger partial charge < -0.3 is 15.5 Å². The van der Waals surface area contributed by atoms with Gasteiger partial charge in [-0.2, -0.15) is 5.26 Å². The fraction of sp³-hybridized carbons (Fsp3) is 0.348. The Morgan fingerprint density at radius 1 is 1.39 bits per heavy atom. The Kier molecular flexibility index (Phi) is 7.42. The highest BCUT2D eigenvalue weighted by Crippen LogP contribution is 2.46. The normalized spacial score (nSPS) is 14.6. The lowest BCUT2D eigenvalue weighted by molar-refractivity contribution is -0.120. The summed E-state index contributed by atoms with van der Waals surface area (Å²) in [6, 6.07) is 10.6. The number of amides is 1. The van der Waals surface area contributed by atoms with Crippen molar-refractivity contribution in [3.05, 3.63) is 69.8 Å². The van der Waals surface area contributed by atoms with Crippen LogP contribution in [0, 0.1) is 17.1 Å². The van der Waals surface area contributed by atoms with Crippen molar-refractivity contribution in [2.24, 2.45) is 0 Å². The number of pyridine rings is 1. The minimum absolute atomic E-state index is 0.0909. The average molecular weight is 486 g/mol. The summed E-state index contributed by atoms with van der Waals surface area (Å²) in [5.74, 6) is 0.345. The van der Waals surface area contributed by atoms with Gasteiger partial charge in [-0.3, -0.25) is 4.79 Å². The van der Waals surface area contributed by atoms with Crippen molar-refractivity contribution in [3.8, 4) is 6.07 Å². The van der Waals surface area contributed by atoms with E-state index in [9.17, 15) is 9.18 Å². The second-order valence-electron chi connectivity index (χ2n) is 7.50. The van der Waals surface area contributed by atoms with Crippen LogP contribution in [0.15, 0.2) is 52.9 Å². The lowest BCUT2D eigenvalue weighted by Crippen LogP contribution is -2.33. The van der Waals surface area contributed by atoms with Gasteiger partial charge in [0.05, 0.1) is 10.0 Å². The van der Waals surface area contributed by atoms with Crippen molar-refractivity contribution in [2.75, 3.05) is 18.0 Å². The Morgan fingerprint density at radius 3 is 2.74 bits per heavy atom. The average Bonchev–Trinajstić information content (AvgIpc) is 3.56. The summed E-state index contributed by atoms with van der Waals surface area (Å²) >= 11 is 3.24. The van der Waals surface area contributed by atoms with Gasteiger partial charge in [-0.15, -0.1) is 0 Å². The number of benzene rings is 1. The Balaban J connectivity index is 1.51. The fourth-order valence-electron chi connectivity index (χ4n) is 3.44. The summed E-state index contributed by atoms with van der Waals surface area (Å²) in [7, 11) is 0. The number of anilines is 1. The number of aromatic nitrogens is 1. The monoisotopic (exact) mass is 485 g/mol. The molecule has 0 bridgehead atoms. The van der Waals surface area contributed by atoms with Crippen LogP contribution in [0.5, 0.6) is 0 Å². The molecule has 1 saturated carbocycles. The van der Waals surface area contributed by atoms with Crippen LogP contribution in [0.25, 0.3) is 0 Å².